The Morgan fingerprint density at radius 1 is 0.449 bits per heavy atom. The summed E-state index contributed by atoms with van der Waals surface area (Å²) < 4.78 is 88.7. The number of nitrogens with zero attached hydrogens (tertiary/aromatic N) is 3. The first-order valence-corrected chi connectivity index (χ1v) is 15.2. The Labute approximate surface area is 275 Å². The predicted octanol–water partition coefficient (Wildman–Crippen LogP) is 11.4. The summed E-state index contributed by atoms with van der Waals surface area (Å²) in [6.07, 6.45) is -4.87. The molecule has 238 valence electrons. The van der Waals surface area contributed by atoms with Gasteiger partial charge < -0.3 is 0 Å². The fourth-order valence-electron chi connectivity index (χ4n) is 6.33. The number of benzene rings is 6. The molecule has 3 nitrogen and oxygen atoms in total. The molecule has 9 heteroatoms. The molecule has 2 heterocycles. The van der Waals surface area contributed by atoms with E-state index in [2.05, 4.69) is 0 Å². The van der Waals surface area contributed by atoms with Gasteiger partial charge in [-0.3, -0.25) is 0 Å². The van der Waals surface area contributed by atoms with Gasteiger partial charge >= 0.3 is 6.18 Å². The number of hydrogen-bond acceptors (Lipinski definition) is 3. The van der Waals surface area contributed by atoms with Crippen LogP contribution in [0.2, 0.25) is 0 Å². The maximum Gasteiger partial charge on any atom is 0.417 e. The molecule has 0 spiro atoms. The number of hydrogen-bond donors (Lipinski definition) is 0. The van der Waals surface area contributed by atoms with Crippen molar-refractivity contribution in [3.8, 4) is 44.9 Å². The van der Waals surface area contributed by atoms with Crippen molar-refractivity contribution in [3.05, 3.63) is 150 Å². The molecule has 0 aliphatic carbocycles. The third kappa shape index (κ3) is 5.14. The minimum Gasteiger partial charge on any atom is -0.247 e. The number of rotatable bonds is 4. The Morgan fingerprint density at radius 3 is 1.61 bits per heavy atom. The molecule has 8 rings (SSSR count). The van der Waals surface area contributed by atoms with Crippen molar-refractivity contribution in [3.63, 3.8) is 0 Å². The summed E-state index contributed by atoms with van der Waals surface area (Å²) in [5, 5.41) is 0.324. The Kier molecular flexibility index (Phi) is 7.14. The quantitative estimate of drug-likeness (QED) is 0.107. The van der Waals surface area contributed by atoms with Crippen LogP contribution in [0.1, 0.15) is 5.56 Å². The molecule has 0 fully saturated rings. The second kappa shape index (κ2) is 11.6. The van der Waals surface area contributed by atoms with E-state index in [1.165, 1.54) is 12.1 Å². The van der Waals surface area contributed by atoms with Crippen molar-refractivity contribution >= 4 is 32.7 Å². The first kappa shape index (κ1) is 30.3. The maximum absolute atomic E-state index is 15.3. The van der Waals surface area contributed by atoms with E-state index in [0.717, 1.165) is 18.2 Å². The molecule has 0 N–H and O–H groups in total. The molecule has 0 atom stereocenters. The van der Waals surface area contributed by atoms with Crippen LogP contribution in [0.15, 0.2) is 127 Å². The van der Waals surface area contributed by atoms with Gasteiger partial charge in [0.05, 0.1) is 39.2 Å². The van der Waals surface area contributed by atoms with Crippen LogP contribution >= 0.6 is 0 Å². The largest absolute Gasteiger partial charge is 0.417 e. The molecule has 6 aromatic carbocycles. The highest BCUT2D eigenvalue weighted by molar-refractivity contribution is 6.23. The SMILES string of the molecule is Fc1cc(-c2ccccc2-c2nc3ccccc3c3c2c(C(F)(F)F)cc2nc(-c4ccccc4)c(-c4ccccc4)nc23)cc(F)c1F. The van der Waals surface area contributed by atoms with Crippen molar-refractivity contribution in [2.24, 2.45) is 0 Å². The van der Waals surface area contributed by atoms with Gasteiger partial charge in [-0.05, 0) is 35.4 Å². The molecule has 0 bridgehead atoms. The standard InChI is InChI=1S/C40H21F6N3/c41-29-19-24(20-30(42)35(29)43)25-15-7-8-16-26(25)38-34-28(40(44,45)46)21-32-39(33(34)27-17-9-10-18-31(27)47-38)49-37(23-13-5-2-6-14-23)36(48-32)22-11-3-1-4-12-22/h1-21H. The smallest absolute Gasteiger partial charge is 0.247 e. The summed E-state index contributed by atoms with van der Waals surface area (Å²) in [5.74, 6) is -4.51. The van der Waals surface area contributed by atoms with Crippen LogP contribution in [-0.2, 0) is 6.18 Å². The van der Waals surface area contributed by atoms with E-state index >= 15 is 13.2 Å². The first-order chi connectivity index (χ1) is 23.7. The summed E-state index contributed by atoms with van der Waals surface area (Å²) in [6, 6.07) is 33.9. The zero-order chi connectivity index (χ0) is 33.9. The lowest BCUT2D eigenvalue weighted by atomic mass is 9.90. The topological polar surface area (TPSA) is 38.7 Å². The predicted molar refractivity (Wildman–Crippen MR) is 179 cm³/mol. The van der Waals surface area contributed by atoms with Gasteiger partial charge in [0.1, 0.15) is 0 Å². The lowest BCUT2D eigenvalue weighted by molar-refractivity contribution is -0.136. The normalized spacial score (nSPS) is 11.9. The monoisotopic (exact) mass is 657 g/mol. The van der Waals surface area contributed by atoms with E-state index in [1.807, 2.05) is 60.7 Å². The zero-order valence-corrected chi connectivity index (χ0v) is 25.2. The van der Waals surface area contributed by atoms with Crippen molar-refractivity contribution in [2.45, 2.75) is 6.18 Å². The second-order valence-electron chi connectivity index (χ2n) is 11.5. The van der Waals surface area contributed by atoms with Crippen LogP contribution in [-0.4, -0.2) is 15.0 Å². The third-order valence-corrected chi connectivity index (χ3v) is 8.48. The summed E-state index contributed by atoms with van der Waals surface area (Å²) in [7, 11) is 0. The van der Waals surface area contributed by atoms with Crippen LogP contribution < -0.4 is 0 Å². The highest BCUT2D eigenvalue weighted by Gasteiger charge is 2.36. The fraction of sp³-hybridized carbons (Fsp3) is 0.0250. The van der Waals surface area contributed by atoms with Gasteiger partial charge in [0.15, 0.2) is 17.5 Å². The zero-order valence-electron chi connectivity index (χ0n) is 25.2. The van der Waals surface area contributed by atoms with Gasteiger partial charge in [-0.25, -0.2) is 28.1 Å². The highest BCUT2D eigenvalue weighted by atomic mass is 19.4. The van der Waals surface area contributed by atoms with Gasteiger partial charge in [0.2, 0.25) is 0 Å². The molecule has 8 aromatic rings. The Bertz CT molecular complexity index is 2550. The number of pyridine rings is 1. The Morgan fingerprint density at radius 2 is 0.980 bits per heavy atom. The summed E-state index contributed by atoms with van der Waals surface area (Å²) >= 11 is 0. The van der Waals surface area contributed by atoms with E-state index in [1.54, 1.807) is 36.4 Å². The van der Waals surface area contributed by atoms with E-state index in [-0.39, 0.29) is 44.2 Å². The first-order valence-electron chi connectivity index (χ1n) is 15.2. The molecule has 0 aliphatic heterocycles. The lowest BCUT2D eigenvalue weighted by Gasteiger charge is -2.20. The molecule has 2 aromatic heterocycles. The van der Waals surface area contributed by atoms with E-state index in [9.17, 15) is 13.2 Å². The molecule has 0 aliphatic rings. The number of fused-ring (bicyclic) bond motifs is 5. The summed E-state index contributed by atoms with van der Waals surface area (Å²) in [6.45, 7) is 0. The molecular weight excluding hydrogens is 636 g/mol. The molecule has 0 unspecified atom stereocenters. The van der Waals surface area contributed by atoms with Gasteiger partial charge in [-0.1, -0.05) is 103 Å². The molecule has 0 amide bonds. The molecular formula is C40H21F6N3. The van der Waals surface area contributed by atoms with Crippen LogP contribution in [0.25, 0.3) is 77.6 Å². The fourth-order valence-corrected chi connectivity index (χ4v) is 6.33. The number of halogens is 6. The Balaban J connectivity index is 1.56. The van der Waals surface area contributed by atoms with E-state index in [4.69, 9.17) is 15.0 Å². The average molecular weight is 658 g/mol. The minimum absolute atomic E-state index is 0.0247. The van der Waals surface area contributed by atoms with Crippen LogP contribution in [0.5, 0.6) is 0 Å². The molecule has 0 radical (unpaired) electrons. The van der Waals surface area contributed by atoms with E-state index in [0.29, 0.717) is 33.4 Å². The molecule has 49 heavy (non-hydrogen) atoms. The van der Waals surface area contributed by atoms with Gasteiger partial charge in [0, 0.05) is 32.8 Å². The van der Waals surface area contributed by atoms with Crippen molar-refractivity contribution in [1.29, 1.82) is 0 Å². The summed E-state index contributed by atoms with van der Waals surface area (Å²) in [5.41, 5.74) is 2.06. The highest BCUT2D eigenvalue weighted by Crippen LogP contribution is 2.47. The average Bonchev–Trinajstić information content (AvgIpc) is 3.12. The lowest BCUT2D eigenvalue weighted by Crippen LogP contribution is -2.09. The number of alkyl halides is 3. The van der Waals surface area contributed by atoms with Crippen LogP contribution in [0, 0.1) is 17.5 Å². The minimum atomic E-state index is -4.87. The van der Waals surface area contributed by atoms with Crippen LogP contribution in [0.3, 0.4) is 0 Å². The second-order valence-corrected chi connectivity index (χ2v) is 11.5. The van der Waals surface area contributed by atoms with Gasteiger partial charge in [0.25, 0.3) is 0 Å². The van der Waals surface area contributed by atoms with Crippen molar-refractivity contribution in [2.75, 3.05) is 0 Å². The third-order valence-electron chi connectivity index (χ3n) is 8.48. The molecule has 0 saturated heterocycles. The van der Waals surface area contributed by atoms with Gasteiger partial charge in [-0.2, -0.15) is 13.2 Å². The van der Waals surface area contributed by atoms with Gasteiger partial charge in [-0.15, -0.1) is 0 Å². The number of aromatic nitrogens is 3. The summed E-state index contributed by atoms with van der Waals surface area (Å²) in [4.78, 5) is 14.7. The number of para-hydroxylation sites is 1. The van der Waals surface area contributed by atoms with Crippen molar-refractivity contribution < 1.29 is 26.3 Å². The molecule has 0 saturated carbocycles. The van der Waals surface area contributed by atoms with E-state index < -0.39 is 29.2 Å². The van der Waals surface area contributed by atoms with Crippen molar-refractivity contribution in [1.82, 2.24) is 15.0 Å². The Hall–Kier alpha value is -6.09. The maximum atomic E-state index is 15.3. The van der Waals surface area contributed by atoms with Crippen LogP contribution in [0.4, 0.5) is 26.3 Å².